The molecule has 18 heavy (non-hydrogen) atoms. The van der Waals surface area contributed by atoms with Crippen molar-refractivity contribution in [3.05, 3.63) is 35.4 Å². The Morgan fingerprint density at radius 3 is 2.39 bits per heavy atom. The number of aliphatic imine (C=N–C) groups is 1. The summed E-state index contributed by atoms with van der Waals surface area (Å²) >= 11 is 0. The molecular formula is C15H21NO2. The van der Waals surface area contributed by atoms with Crippen LogP contribution in [0.2, 0.25) is 0 Å². The number of nitrogens with zero attached hydrogens (tertiary/aromatic N) is 1. The van der Waals surface area contributed by atoms with Gasteiger partial charge in [0.1, 0.15) is 6.54 Å². The van der Waals surface area contributed by atoms with E-state index in [1.807, 2.05) is 12.1 Å². The molecule has 1 aromatic carbocycles. The third kappa shape index (κ3) is 4.70. The Hall–Kier alpha value is -1.64. The fourth-order valence-electron chi connectivity index (χ4n) is 1.50. The van der Waals surface area contributed by atoms with Gasteiger partial charge in [-0.15, -0.1) is 0 Å². The number of hydrogen-bond donors (Lipinski definition) is 0. The molecule has 0 bridgehead atoms. The fourth-order valence-corrected chi connectivity index (χ4v) is 1.50. The molecule has 0 radical (unpaired) electrons. The molecule has 0 amide bonds. The molecular weight excluding hydrogens is 226 g/mol. The van der Waals surface area contributed by atoms with Crippen molar-refractivity contribution in [3.63, 3.8) is 0 Å². The van der Waals surface area contributed by atoms with Crippen LogP contribution < -0.4 is 0 Å². The van der Waals surface area contributed by atoms with Crippen LogP contribution in [-0.4, -0.2) is 25.3 Å². The van der Waals surface area contributed by atoms with Crippen molar-refractivity contribution in [1.82, 2.24) is 0 Å². The van der Waals surface area contributed by atoms with E-state index in [0.29, 0.717) is 6.61 Å². The summed E-state index contributed by atoms with van der Waals surface area (Å²) in [6, 6.07) is 8.20. The van der Waals surface area contributed by atoms with Gasteiger partial charge in [0.25, 0.3) is 0 Å². The van der Waals surface area contributed by atoms with E-state index in [9.17, 15) is 4.79 Å². The van der Waals surface area contributed by atoms with Gasteiger partial charge in [0.15, 0.2) is 0 Å². The quantitative estimate of drug-likeness (QED) is 0.606. The van der Waals surface area contributed by atoms with Gasteiger partial charge >= 0.3 is 5.97 Å². The van der Waals surface area contributed by atoms with E-state index in [2.05, 4.69) is 37.9 Å². The Morgan fingerprint density at radius 1 is 1.28 bits per heavy atom. The van der Waals surface area contributed by atoms with Crippen molar-refractivity contribution in [2.24, 2.45) is 4.99 Å². The first-order valence-corrected chi connectivity index (χ1v) is 6.19. The van der Waals surface area contributed by atoms with Gasteiger partial charge in [-0.3, -0.25) is 9.79 Å². The zero-order chi connectivity index (χ0) is 13.6. The number of ether oxygens (including phenoxy) is 1. The maximum Gasteiger partial charge on any atom is 0.327 e. The lowest BCUT2D eigenvalue weighted by atomic mass is 9.87. The lowest BCUT2D eigenvalue weighted by molar-refractivity contribution is -0.141. The number of esters is 1. The molecule has 0 saturated carbocycles. The number of rotatable bonds is 4. The molecule has 0 aliphatic rings. The molecule has 3 heteroatoms. The summed E-state index contributed by atoms with van der Waals surface area (Å²) in [6.07, 6.45) is 1.70. The van der Waals surface area contributed by atoms with Gasteiger partial charge in [-0.25, -0.2) is 0 Å². The molecule has 0 spiro atoms. The lowest BCUT2D eigenvalue weighted by Crippen LogP contribution is -2.10. The first kappa shape index (κ1) is 14.4. The van der Waals surface area contributed by atoms with Crippen LogP contribution in [0.25, 0.3) is 0 Å². The number of carbonyl (C=O) groups is 1. The molecule has 0 aromatic heterocycles. The summed E-state index contributed by atoms with van der Waals surface area (Å²) in [5, 5.41) is 0. The summed E-state index contributed by atoms with van der Waals surface area (Å²) in [5.74, 6) is -0.292. The van der Waals surface area contributed by atoms with Gasteiger partial charge in [-0.05, 0) is 23.5 Å². The maximum absolute atomic E-state index is 11.1. The van der Waals surface area contributed by atoms with Gasteiger partial charge in [0.05, 0.1) is 6.61 Å². The Balaban J connectivity index is 2.59. The predicted molar refractivity (Wildman–Crippen MR) is 74.2 cm³/mol. The van der Waals surface area contributed by atoms with Crippen LogP contribution in [0.5, 0.6) is 0 Å². The topological polar surface area (TPSA) is 38.7 Å². The maximum atomic E-state index is 11.1. The van der Waals surface area contributed by atoms with Crippen LogP contribution in [0.4, 0.5) is 0 Å². The summed E-state index contributed by atoms with van der Waals surface area (Å²) in [7, 11) is 0. The van der Waals surface area contributed by atoms with E-state index in [1.54, 1.807) is 13.1 Å². The minimum absolute atomic E-state index is 0.0782. The standard InChI is InChI=1S/C15H21NO2/c1-5-18-14(17)11-16-10-12-6-8-13(9-7-12)15(2,3)4/h6-10H,5,11H2,1-4H3. The molecule has 1 aromatic rings. The summed E-state index contributed by atoms with van der Waals surface area (Å²) < 4.78 is 4.79. The van der Waals surface area contributed by atoms with E-state index < -0.39 is 0 Å². The molecule has 0 unspecified atom stereocenters. The van der Waals surface area contributed by atoms with Gasteiger partial charge in [-0.2, -0.15) is 0 Å². The zero-order valence-electron chi connectivity index (χ0n) is 11.6. The minimum Gasteiger partial charge on any atom is -0.465 e. The molecule has 0 heterocycles. The Kier molecular flexibility index (Phi) is 5.08. The van der Waals surface area contributed by atoms with E-state index in [4.69, 9.17) is 4.74 Å². The normalized spacial score (nSPS) is 11.8. The summed E-state index contributed by atoms with van der Waals surface area (Å²) in [6.45, 7) is 8.79. The number of carbonyl (C=O) groups excluding carboxylic acids is 1. The molecule has 0 aliphatic heterocycles. The second kappa shape index (κ2) is 6.34. The van der Waals surface area contributed by atoms with Crippen molar-refractivity contribution in [2.45, 2.75) is 33.1 Å². The largest absolute Gasteiger partial charge is 0.465 e. The minimum atomic E-state index is -0.292. The molecule has 1 rings (SSSR count). The Morgan fingerprint density at radius 2 is 1.89 bits per heavy atom. The molecule has 0 atom stereocenters. The van der Waals surface area contributed by atoms with Crippen LogP contribution in [0.1, 0.15) is 38.8 Å². The Bertz CT molecular complexity index is 413. The second-order valence-corrected chi connectivity index (χ2v) is 5.15. The predicted octanol–water partition coefficient (Wildman–Crippen LogP) is 2.97. The smallest absolute Gasteiger partial charge is 0.327 e. The van der Waals surface area contributed by atoms with Crippen molar-refractivity contribution in [2.75, 3.05) is 13.2 Å². The van der Waals surface area contributed by atoms with Crippen LogP contribution in [0.3, 0.4) is 0 Å². The highest BCUT2D eigenvalue weighted by Crippen LogP contribution is 2.21. The average molecular weight is 247 g/mol. The average Bonchev–Trinajstić information content (AvgIpc) is 2.29. The molecule has 0 N–H and O–H groups in total. The summed E-state index contributed by atoms with van der Waals surface area (Å²) in [5.41, 5.74) is 2.43. The first-order chi connectivity index (χ1) is 8.43. The van der Waals surface area contributed by atoms with Crippen LogP contribution in [0.15, 0.2) is 29.3 Å². The third-order valence-electron chi connectivity index (χ3n) is 2.54. The molecule has 98 valence electrons. The van der Waals surface area contributed by atoms with Gasteiger partial charge < -0.3 is 4.74 Å². The van der Waals surface area contributed by atoms with E-state index in [-0.39, 0.29) is 17.9 Å². The number of benzene rings is 1. The molecule has 3 nitrogen and oxygen atoms in total. The molecule has 0 fully saturated rings. The molecule has 0 aliphatic carbocycles. The van der Waals surface area contributed by atoms with Crippen molar-refractivity contribution in [3.8, 4) is 0 Å². The monoisotopic (exact) mass is 247 g/mol. The first-order valence-electron chi connectivity index (χ1n) is 6.19. The SMILES string of the molecule is CCOC(=O)CN=Cc1ccc(C(C)(C)C)cc1. The van der Waals surface area contributed by atoms with Crippen LogP contribution >= 0.6 is 0 Å². The van der Waals surface area contributed by atoms with Gasteiger partial charge in [-0.1, -0.05) is 45.0 Å². The van der Waals surface area contributed by atoms with E-state index >= 15 is 0 Å². The second-order valence-electron chi connectivity index (χ2n) is 5.15. The van der Waals surface area contributed by atoms with Gasteiger partial charge in [0.2, 0.25) is 0 Å². The van der Waals surface area contributed by atoms with Crippen LogP contribution in [-0.2, 0) is 14.9 Å². The highest BCUT2D eigenvalue weighted by atomic mass is 16.5. The van der Waals surface area contributed by atoms with E-state index in [1.165, 1.54) is 5.56 Å². The lowest BCUT2D eigenvalue weighted by Gasteiger charge is -2.18. The Labute approximate surface area is 109 Å². The zero-order valence-corrected chi connectivity index (χ0v) is 11.6. The molecule has 0 saturated heterocycles. The highest BCUT2D eigenvalue weighted by Gasteiger charge is 2.12. The number of hydrogen-bond acceptors (Lipinski definition) is 3. The van der Waals surface area contributed by atoms with Crippen LogP contribution in [0, 0.1) is 0 Å². The fraction of sp³-hybridized carbons (Fsp3) is 0.467. The highest BCUT2D eigenvalue weighted by molar-refractivity contribution is 5.82. The van der Waals surface area contributed by atoms with Gasteiger partial charge in [0, 0.05) is 6.21 Å². The third-order valence-corrected chi connectivity index (χ3v) is 2.54. The van der Waals surface area contributed by atoms with E-state index in [0.717, 1.165) is 5.56 Å². The summed E-state index contributed by atoms with van der Waals surface area (Å²) in [4.78, 5) is 15.1. The van der Waals surface area contributed by atoms with Crippen molar-refractivity contribution < 1.29 is 9.53 Å². The van der Waals surface area contributed by atoms with Crippen molar-refractivity contribution >= 4 is 12.2 Å². The van der Waals surface area contributed by atoms with Crippen molar-refractivity contribution in [1.29, 1.82) is 0 Å².